The normalized spacial score (nSPS) is 11.4. The molecule has 1 N–H and O–H groups in total. The molecule has 2 aromatic rings. The molecule has 0 aromatic heterocycles. The molecular formula is C17H19BrN2O4S. The summed E-state index contributed by atoms with van der Waals surface area (Å²) in [4.78, 5) is 12.6. The number of halogens is 1. The fourth-order valence-corrected chi connectivity index (χ4v) is 4.00. The largest absolute Gasteiger partial charge is 0.495 e. The second kappa shape index (κ2) is 7.55. The Morgan fingerprint density at radius 1 is 1.16 bits per heavy atom. The number of amides is 1. The Kier molecular flexibility index (Phi) is 5.87. The Hall–Kier alpha value is -1.90. The van der Waals surface area contributed by atoms with Crippen molar-refractivity contribution in [1.82, 2.24) is 4.31 Å². The molecule has 0 fully saturated rings. The van der Waals surface area contributed by atoms with Gasteiger partial charge in [0, 0.05) is 24.1 Å². The van der Waals surface area contributed by atoms with Crippen LogP contribution in [0.15, 0.2) is 45.8 Å². The number of benzene rings is 2. The molecule has 8 heteroatoms. The fraction of sp³-hybridized carbons (Fsp3) is 0.235. The lowest BCUT2D eigenvalue weighted by molar-refractivity contribution is 0.102. The van der Waals surface area contributed by atoms with E-state index in [1.54, 1.807) is 24.3 Å². The topological polar surface area (TPSA) is 75.7 Å². The number of carbonyl (C=O) groups excluding carboxylic acids is 1. The SMILES string of the molecule is COc1ccc(C)cc1NC(=O)c1ccc(Br)c(S(=O)(=O)N(C)C)c1. The predicted molar refractivity (Wildman–Crippen MR) is 101 cm³/mol. The van der Waals surface area contributed by atoms with Crippen LogP contribution >= 0.6 is 15.9 Å². The van der Waals surface area contributed by atoms with Gasteiger partial charge in [-0.05, 0) is 58.7 Å². The molecule has 0 saturated carbocycles. The minimum absolute atomic E-state index is 0.0290. The molecule has 0 saturated heterocycles. The number of carbonyl (C=O) groups is 1. The van der Waals surface area contributed by atoms with E-state index in [2.05, 4.69) is 21.2 Å². The quantitative estimate of drug-likeness (QED) is 0.795. The Morgan fingerprint density at radius 3 is 2.44 bits per heavy atom. The van der Waals surface area contributed by atoms with Crippen LogP contribution in [0.4, 0.5) is 5.69 Å². The monoisotopic (exact) mass is 426 g/mol. The van der Waals surface area contributed by atoms with Crippen molar-refractivity contribution in [2.24, 2.45) is 0 Å². The molecule has 0 heterocycles. The number of aryl methyl sites for hydroxylation is 1. The second-order valence-corrected chi connectivity index (χ2v) is 8.57. The predicted octanol–water partition coefficient (Wildman–Crippen LogP) is 3.27. The smallest absolute Gasteiger partial charge is 0.255 e. The van der Waals surface area contributed by atoms with E-state index in [9.17, 15) is 13.2 Å². The van der Waals surface area contributed by atoms with E-state index >= 15 is 0 Å². The van der Waals surface area contributed by atoms with Crippen LogP contribution < -0.4 is 10.1 Å². The summed E-state index contributed by atoms with van der Waals surface area (Å²) >= 11 is 3.23. The molecule has 2 rings (SSSR count). The third-order valence-corrected chi connectivity index (χ3v) is 6.36. The summed E-state index contributed by atoms with van der Waals surface area (Å²) in [5.41, 5.74) is 1.71. The summed E-state index contributed by atoms with van der Waals surface area (Å²) in [7, 11) is 0.715. The van der Waals surface area contributed by atoms with Crippen molar-refractivity contribution >= 4 is 37.5 Å². The maximum atomic E-state index is 12.6. The maximum absolute atomic E-state index is 12.6. The van der Waals surface area contributed by atoms with Crippen LogP contribution in [0.3, 0.4) is 0 Å². The van der Waals surface area contributed by atoms with Gasteiger partial charge in [-0.2, -0.15) is 0 Å². The highest BCUT2D eigenvalue weighted by Crippen LogP contribution is 2.28. The van der Waals surface area contributed by atoms with Gasteiger partial charge in [-0.25, -0.2) is 12.7 Å². The molecule has 0 unspecified atom stereocenters. The molecule has 0 radical (unpaired) electrons. The minimum Gasteiger partial charge on any atom is -0.495 e. The van der Waals surface area contributed by atoms with E-state index in [-0.39, 0.29) is 10.5 Å². The molecule has 0 spiro atoms. The number of anilines is 1. The molecule has 0 atom stereocenters. The van der Waals surface area contributed by atoms with Gasteiger partial charge in [-0.3, -0.25) is 4.79 Å². The average Bonchev–Trinajstić information content (AvgIpc) is 2.55. The van der Waals surface area contributed by atoms with E-state index in [1.807, 2.05) is 13.0 Å². The molecule has 0 bridgehead atoms. The molecule has 6 nitrogen and oxygen atoms in total. The van der Waals surface area contributed by atoms with Crippen molar-refractivity contribution in [3.8, 4) is 5.75 Å². The number of rotatable bonds is 5. The zero-order valence-electron chi connectivity index (χ0n) is 14.3. The minimum atomic E-state index is -3.67. The molecule has 0 aliphatic carbocycles. The van der Waals surface area contributed by atoms with Crippen molar-refractivity contribution in [2.75, 3.05) is 26.5 Å². The number of ether oxygens (including phenoxy) is 1. The van der Waals surface area contributed by atoms with E-state index in [1.165, 1.54) is 27.3 Å². The van der Waals surface area contributed by atoms with Crippen molar-refractivity contribution < 1.29 is 17.9 Å². The molecular weight excluding hydrogens is 408 g/mol. The summed E-state index contributed by atoms with van der Waals surface area (Å²) in [6.07, 6.45) is 0. The number of sulfonamides is 1. The zero-order valence-corrected chi connectivity index (χ0v) is 16.7. The maximum Gasteiger partial charge on any atom is 0.255 e. The van der Waals surface area contributed by atoms with Crippen LogP contribution in [0.1, 0.15) is 15.9 Å². The van der Waals surface area contributed by atoms with Gasteiger partial charge in [0.1, 0.15) is 5.75 Å². The van der Waals surface area contributed by atoms with Gasteiger partial charge in [0.25, 0.3) is 5.91 Å². The highest BCUT2D eigenvalue weighted by Gasteiger charge is 2.22. The van der Waals surface area contributed by atoms with Gasteiger partial charge < -0.3 is 10.1 Å². The fourth-order valence-electron chi connectivity index (χ4n) is 2.15. The van der Waals surface area contributed by atoms with Crippen molar-refractivity contribution in [2.45, 2.75) is 11.8 Å². The lowest BCUT2D eigenvalue weighted by atomic mass is 10.1. The zero-order chi connectivity index (χ0) is 18.8. The van der Waals surface area contributed by atoms with E-state index < -0.39 is 15.9 Å². The molecule has 0 aliphatic rings. The number of nitrogens with one attached hydrogen (secondary N) is 1. The first-order chi connectivity index (χ1) is 11.7. The van der Waals surface area contributed by atoms with Crippen molar-refractivity contribution in [3.63, 3.8) is 0 Å². The van der Waals surface area contributed by atoms with Crippen LogP contribution in [0.5, 0.6) is 5.75 Å². The van der Waals surface area contributed by atoms with Gasteiger partial charge in [0.05, 0.1) is 17.7 Å². The Balaban J connectivity index is 2.40. The Bertz CT molecular complexity index is 911. The van der Waals surface area contributed by atoms with Gasteiger partial charge in [-0.15, -0.1) is 0 Å². The van der Waals surface area contributed by atoms with E-state index in [4.69, 9.17) is 4.74 Å². The first-order valence-corrected chi connectivity index (χ1v) is 9.58. The molecule has 134 valence electrons. The summed E-state index contributed by atoms with van der Waals surface area (Å²) < 4.78 is 31.5. The summed E-state index contributed by atoms with van der Waals surface area (Å²) in [5.74, 6) is 0.101. The first kappa shape index (κ1) is 19.4. The summed E-state index contributed by atoms with van der Waals surface area (Å²) in [5, 5.41) is 2.76. The third kappa shape index (κ3) is 4.20. The van der Waals surface area contributed by atoms with Crippen molar-refractivity contribution in [1.29, 1.82) is 0 Å². The van der Waals surface area contributed by atoms with Crippen molar-refractivity contribution in [3.05, 3.63) is 52.0 Å². The summed E-state index contributed by atoms with van der Waals surface area (Å²) in [6.45, 7) is 1.90. The van der Waals surface area contributed by atoms with Gasteiger partial charge in [-0.1, -0.05) is 6.07 Å². The average molecular weight is 427 g/mol. The first-order valence-electron chi connectivity index (χ1n) is 7.35. The van der Waals surface area contributed by atoms with Gasteiger partial charge in [0.15, 0.2) is 0 Å². The number of hydrogen-bond donors (Lipinski definition) is 1. The highest BCUT2D eigenvalue weighted by atomic mass is 79.9. The Morgan fingerprint density at radius 2 is 1.84 bits per heavy atom. The number of nitrogens with zero attached hydrogens (tertiary/aromatic N) is 1. The van der Waals surface area contributed by atoms with Crippen LogP contribution in [0, 0.1) is 6.92 Å². The molecule has 1 amide bonds. The van der Waals surface area contributed by atoms with E-state index in [0.717, 1.165) is 9.87 Å². The van der Waals surface area contributed by atoms with Crippen LogP contribution in [-0.2, 0) is 10.0 Å². The summed E-state index contributed by atoms with van der Waals surface area (Å²) in [6, 6.07) is 9.85. The second-order valence-electron chi connectivity index (χ2n) is 5.59. The number of hydrogen-bond acceptors (Lipinski definition) is 4. The van der Waals surface area contributed by atoms with E-state index in [0.29, 0.717) is 15.9 Å². The van der Waals surface area contributed by atoms with Crippen LogP contribution in [0.2, 0.25) is 0 Å². The van der Waals surface area contributed by atoms with Crippen LogP contribution in [0.25, 0.3) is 0 Å². The standard InChI is InChI=1S/C17H19BrN2O4S/c1-11-5-8-15(24-4)14(9-11)19-17(21)12-6-7-13(18)16(10-12)25(22,23)20(2)3/h5-10H,1-4H3,(H,19,21). The Labute approximate surface area is 156 Å². The van der Waals surface area contributed by atoms with Gasteiger partial charge in [0.2, 0.25) is 10.0 Å². The van der Waals surface area contributed by atoms with Gasteiger partial charge >= 0.3 is 0 Å². The van der Waals surface area contributed by atoms with Crippen LogP contribution in [-0.4, -0.2) is 39.8 Å². The lowest BCUT2D eigenvalue weighted by Gasteiger charge is -2.15. The molecule has 25 heavy (non-hydrogen) atoms. The highest BCUT2D eigenvalue weighted by molar-refractivity contribution is 9.10. The number of methoxy groups -OCH3 is 1. The molecule has 2 aromatic carbocycles. The lowest BCUT2D eigenvalue weighted by Crippen LogP contribution is -2.23. The molecule has 0 aliphatic heterocycles. The third-order valence-electron chi connectivity index (χ3n) is 3.56.